The highest BCUT2D eigenvalue weighted by Gasteiger charge is 2.16. The summed E-state index contributed by atoms with van der Waals surface area (Å²) >= 11 is 0. The molecule has 0 saturated heterocycles. The number of carbonyl (C=O) groups is 2. The van der Waals surface area contributed by atoms with Crippen molar-refractivity contribution in [2.45, 2.75) is 187 Å². The van der Waals surface area contributed by atoms with Crippen LogP contribution >= 0.6 is 0 Å². The number of unbranched alkanes of at least 4 members (excludes halogenated alkanes) is 17. The van der Waals surface area contributed by atoms with E-state index < -0.39 is 6.10 Å². The molecule has 1 N–H and O–H groups in total. The Bertz CT molecular complexity index is 853. The van der Waals surface area contributed by atoms with Gasteiger partial charge in [0.1, 0.15) is 6.61 Å². The molecule has 0 aliphatic heterocycles. The van der Waals surface area contributed by atoms with E-state index in [0.29, 0.717) is 12.8 Å². The molecule has 0 aromatic carbocycles. The van der Waals surface area contributed by atoms with Gasteiger partial charge in [0, 0.05) is 12.8 Å². The highest BCUT2D eigenvalue weighted by molar-refractivity contribution is 5.70. The van der Waals surface area contributed by atoms with Crippen LogP contribution in [0.15, 0.2) is 60.8 Å². The van der Waals surface area contributed by atoms with Gasteiger partial charge in [-0.15, -0.1) is 0 Å². The van der Waals surface area contributed by atoms with Crippen molar-refractivity contribution in [3.8, 4) is 0 Å². The third kappa shape index (κ3) is 36.4. The zero-order valence-electron chi connectivity index (χ0n) is 31.2. The van der Waals surface area contributed by atoms with Gasteiger partial charge in [-0.25, -0.2) is 0 Å². The van der Waals surface area contributed by atoms with E-state index in [4.69, 9.17) is 9.47 Å². The van der Waals surface area contributed by atoms with Crippen molar-refractivity contribution in [3.63, 3.8) is 0 Å². The van der Waals surface area contributed by atoms with Crippen LogP contribution in [0.2, 0.25) is 0 Å². The van der Waals surface area contributed by atoms with Crippen LogP contribution < -0.4 is 0 Å². The molecule has 0 aromatic rings. The number of aliphatic hydroxyl groups is 1. The Hall–Kier alpha value is -2.40. The molecule has 0 saturated carbocycles. The third-order valence-corrected chi connectivity index (χ3v) is 8.28. The molecular formula is C43H74O5. The lowest BCUT2D eigenvalue weighted by Crippen LogP contribution is -2.28. The Morgan fingerprint density at radius 3 is 1.29 bits per heavy atom. The van der Waals surface area contributed by atoms with Gasteiger partial charge in [0.2, 0.25) is 0 Å². The van der Waals surface area contributed by atoms with E-state index in [1.807, 2.05) is 0 Å². The summed E-state index contributed by atoms with van der Waals surface area (Å²) in [6, 6.07) is 0. The molecule has 0 spiro atoms. The van der Waals surface area contributed by atoms with Gasteiger partial charge >= 0.3 is 11.9 Å². The van der Waals surface area contributed by atoms with E-state index in [-0.39, 0.29) is 25.2 Å². The molecule has 0 aliphatic carbocycles. The van der Waals surface area contributed by atoms with Crippen LogP contribution in [0.1, 0.15) is 181 Å². The first kappa shape index (κ1) is 45.6. The van der Waals surface area contributed by atoms with Crippen LogP contribution in [-0.2, 0) is 19.1 Å². The summed E-state index contributed by atoms with van der Waals surface area (Å²) in [5, 5.41) is 9.54. The lowest BCUT2D eigenvalue weighted by Gasteiger charge is -2.15. The fourth-order valence-electron chi connectivity index (χ4n) is 5.24. The lowest BCUT2D eigenvalue weighted by molar-refractivity contribution is -0.161. The number of carbonyl (C=O) groups excluding carboxylic acids is 2. The number of aliphatic hydroxyl groups excluding tert-OH is 1. The summed E-state index contributed by atoms with van der Waals surface area (Å²) in [5.74, 6) is -0.643. The summed E-state index contributed by atoms with van der Waals surface area (Å²) in [5.41, 5.74) is 0. The molecule has 0 aromatic heterocycles. The largest absolute Gasteiger partial charge is 0.462 e. The minimum absolute atomic E-state index is 0.0854. The molecule has 276 valence electrons. The molecule has 0 unspecified atom stereocenters. The number of rotatable bonds is 35. The summed E-state index contributed by atoms with van der Waals surface area (Å²) in [6.45, 7) is 4.04. The third-order valence-electron chi connectivity index (χ3n) is 8.28. The number of esters is 2. The predicted molar refractivity (Wildman–Crippen MR) is 205 cm³/mol. The van der Waals surface area contributed by atoms with Crippen LogP contribution in [0.4, 0.5) is 0 Å². The number of allylic oxidation sites excluding steroid dienone is 10. The van der Waals surface area contributed by atoms with Gasteiger partial charge < -0.3 is 14.6 Å². The molecule has 0 amide bonds. The van der Waals surface area contributed by atoms with Crippen LogP contribution in [0.3, 0.4) is 0 Å². The summed E-state index contributed by atoms with van der Waals surface area (Å²) in [6.07, 6.45) is 49.9. The Morgan fingerprint density at radius 1 is 0.479 bits per heavy atom. The lowest BCUT2D eigenvalue weighted by atomic mass is 10.1. The average Bonchev–Trinajstić information content (AvgIpc) is 3.09. The molecule has 0 heterocycles. The van der Waals surface area contributed by atoms with E-state index in [9.17, 15) is 14.7 Å². The Kier molecular flexibility index (Phi) is 37.1. The molecule has 0 fully saturated rings. The maximum atomic E-state index is 12.1. The van der Waals surface area contributed by atoms with E-state index in [1.165, 1.54) is 96.3 Å². The van der Waals surface area contributed by atoms with Gasteiger partial charge in [0.15, 0.2) is 6.10 Å². The van der Waals surface area contributed by atoms with Gasteiger partial charge in [-0.05, 0) is 83.5 Å². The molecule has 48 heavy (non-hydrogen) atoms. The molecule has 5 heteroatoms. The van der Waals surface area contributed by atoms with Gasteiger partial charge in [0.25, 0.3) is 0 Å². The van der Waals surface area contributed by atoms with Gasteiger partial charge in [-0.1, -0.05) is 145 Å². The van der Waals surface area contributed by atoms with Crippen molar-refractivity contribution in [2.75, 3.05) is 13.2 Å². The van der Waals surface area contributed by atoms with Gasteiger partial charge in [-0.2, -0.15) is 0 Å². The van der Waals surface area contributed by atoms with Crippen molar-refractivity contribution < 1.29 is 24.2 Å². The molecule has 0 bridgehead atoms. The van der Waals surface area contributed by atoms with E-state index in [1.54, 1.807) is 0 Å². The second-order valence-corrected chi connectivity index (χ2v) is 13.0. The van der Waals surface area contributed by atoms with E-state index in [2.05, 4.69) is 74.6 Å². The fraction of sp³-hybridized carbons (Fsp3) is 0.721. The molecule has 0 aliphatic rings. The highest BCUT2D eigenvalue weighted by atomic mass is 16.6. The topological polar surface area (TPSA) is 72.8 Å². The minimum atomic E-state index is -0.794. The second-order valence-electron chi connectivity index (χ2n) is 13.0. The fourth-order valence-corrected chi connectivity index (χ4v) is 5.24. The zero-order chi connectivity index (χ0) is 35.0. The average molecular weight is 671 g/mol. The Morgan fingerprint density at radius 2 is 0.833 bits per heavy atom. The number of ether oxygens (including phenoxy) is 2. The maximum absolute atomic E-state index is 12.1. The first-order valence-corrected chi connectivity index (χ1v) is 19.8. The minimum Gasteiger partial charge on any atom is -0.462 e. The van der Waals surface area contributed by atoms with Crippen LogP contribution in [0.5, 0.6) is 0 Å². The van der Waals surface area contributed by atoms with Crippen molar-refractivity contribution in [1.29, 1.82) is 0 Å². The quantitative estimate of drug-likeness (QED) is 0.0413. The van der Waals surface area contributed by atoms with Crippen molar-refractivity contribution in [3.05, 3.63) is 60.8 Å². The van der Waals surface area contributed by atoms with E-state index >= 15 is 0 Å². The Balaban J connectivity index is 3.62. The molecule has 0 radical (unpaired) electrons. The van der Waals surface area contributed by atoms with Crippen molar-refractivity contribution >= 4 is 11.9 Å². The molecule has 0 rings (SSSR count). The first-order valence-electron chi connectivity index (χ1n) is 19.8. The van der Waals surface area contributed by atoms with Gasteiger partial charge in [-0.3, -0.25) is 9.59 Å². The van der Waals surface area contributed by atoms with Crippen LogP contribution in [-0.4, -0.2) is 36.4 Å². The summed E-state index contributed by atoms with van der Waals surface area (Å²) < 4.78 is 10.6. The Labute approximate surface area is 296 Å². The summed E-state index contributed by atoms with van der Waals surface area (Å²) in [4.78, 5) is 24.2. The smallest absolute Gasteiger partial charge is 0.306 e. The SMILES string of the molecule is CCCCC/C=C\C/C=C\C/C=C\CCCCC(=O)O[C@@H](CO)COC(=O)CCCCCCCCCCC/C=C\C/C=C\CCCCC. The van der Waals surface area contributed by atoms with Crippen molar-refractivity contribution in [1.82, 2.24) is 0 Å². The standard InChI is InChI=1S/C43H74O5/c1-3-5-7-9-11-13-15-17-19-20-21-22-24-25-27-29-31-33-35-37-42(45)47-40-41(39-44)48-43(46)38-36-34-32-30-28-26-23-18-16-14-12-10-8-6-4-2/h11-14,17-19,23,28,30,41,44H,3-10,15-16,20-22,24-27,29,31-40H2,1-2H3/b13-11-,14-12-,19-17-,23-18-,30-28-/t41-/m0/s1. The molecular weight excluding hydrogens is 596 g/mol. The normalized spacial score (nSPS) is 12.8. The first-order chi connectivity index (χ1) is 23.6. The van der Waals surface area contributed by atoms with Gasteiger partial charge in [0.05, 0.1) is 6.61 Å². The maximum Gasteiger partial charge on any atom is 0.306 e. The zero-order valence-corrected chi connectivity index (χ0v) is 31.2. The molecule has 1 atom stereocenters. The predicted octanol–water partition coefficient (Wildman–Crippen LogP) is 12.4. The monoisotopic (exact) mass is 671 g/mol. The van der Waals surface area contributed by atoms with E-state index in [0.717, 1.165) is 57.8 Å². The molecule has 5 nitrogen and oxygen atoms in total. The van der Waals surface area contributed by atoms with Crippen LogP contribution in [0, 0.1) is 0 Å². The number of hydrogen-bond donors (Lipinski definition) is 1. The summed E-state index contributed by atoms with van der Waals surface area (Å²) in [7, 11) is 0. The highest BCUT2D eigenvalue weighted by Crippen LogP contribution is 2.12. The van der Waals surface area contributed by atoms with Crippen LogP contribution in [0.25, 0.3) is 0 Å². The second kappa shape index (κ2) is 39.0. The number of hydrogen-bond acceptors (Lipinski definition) is 5. The van der Waals surface area contributed by atoms with Crippen molar-refractivity contribution in [2.24, 2.45) is 0 Å².